The smallest absolute Gasteiger partial charge is 0.269 e. The number of rotatable bonds is 6. The number of benzene rings is 2. The number of nitrogens with zero attached hydrogens (tertiary/aromatic N) is 2. The Morgan fingerprint density at radius 3 is 2.58 bits per heavy atom. The molecule has 5 heteroatoms. The summed E-state index contributed by atoms with van der Waals surface area (Å²) in [6.45, 7) is 1.42. The quantitative estimate of drug-likeness (QED) is 0.675. The standard InChI is InChI=1S/C21H22N4O/c26-21-19-14-18(17-11-5-2-6-12-17)24-25(19)20(15-23-21)22-13-7-10-16-8-3-1-4-9-16/h1-6,8-9,11-12,14,20,22H,7,10,13,15H2,(H,23,26). The van der Waals surface area contributed by atoms with Gasteiger partial charge in [-0.05, 0) is 31.0 Å². The van der Waals surface area contributed by atoms with Crippen molar-refractivity contribution >= 4 is 5.91 Å². The summed E-state index contributed by atoms with van der Waals surface area (Å²) < 4.78 is 1.82. The lowest BCUT2D eigenvalue weighted by atomic mass is 10.1. The molecule has 0 fully saturated rings. The first-order chi connectivity index (χ1) is 12.8. The fraction of sp³-hybridized carbons (Fsp3) is 0.238. The van der Waals surface area contributed by atoms with Gasteiger partial charge in [0.05, 0.1) is 12.2 Å². The van der Waals surface area contributed by atoms with Crippen LogP contribution in [0.25, 0.3) is 11.3 Å². The molecule has 1 aliphatic rings. The van der Waals surface area contributed by atoms with Crippen molar-refractivity contribution in [1.82, 2.24) is 20.4 Å². The fourth-order valence-electron chi connectivity index (χ4n) is 3.28. The highest BCUT2D eigenvalue weighted by Crippen LogP contribution is 2.22. The first-order valence-corrected chi connectivity index (χ1v) is 9.02. The third kappa shape index (κ3) is 3.53. The molecule has 0 saturated heterocycles. The highest BCUT2D eigenvalue weighted by atomic mass is 16.2. The maximum atomic E-state index is 12.2. The van der Waals surface area contributed by atoms with Gasteiger partial charge in [0.25, 0.3) is 5.91 Å². The second kappa shape index (κ2) is 7.54. The summed E-state index contributed by atoms with van der Waals surface area (Å²) in [6, 6.07) is 22.3. The predicted octanol–water partition coefficient (Wildman–Crippen LogP) is 3.01. The minimum atomic E-state index is -0.0676. The van der Waals surface area contributed by atoms with E-state index in [2.05, 4.69) is 40.0 Å². The highest BCUT2D eigenvalue weighted by molar-refractivity contribution is 5.94. The number of carbonyl (C=O) groups excluding carboxylic acids is 1. The van der Waals surface area contributed by atoms with Gasteiger partial charge in [0, 0.05) is 5.56 Å². The Hall–Kier alpha value is -2.92. The van der Waals surface area contributed by atoms with Gasteiger partial charge in [-0.25, -0.2) is 4.68 Å². The molecule has 0 saturated carbocycles. The van der Waals surface area contributed by atoms with E-state index in [4.69, 9.17) is 0 Å². The van der Waals surface area contributed by atoms with Crippen LogP contribution in [-0.4, -0.2) is 28.8 Å². The van der Waals surface area contributed by atoms with Gasteiger partial charge in [0.2, 0.25) is 0 Å². The molecule has 0 spiro atoms. The number of amides is 1. The fourth-order valence-corrected chi connectivity index (χ4v) is 3.28. The summed E-state index contributed by atoms with van der Waals surface area (Å²) in [6.07, 6.45) is 2.06. The SMILES string of the molecule is O=C1NCC(NCCCc2ccccc2)n2nc(-c3ccccc3)cc21. The number of carbonyl (C=O) groups is 1. The summed E-state index contributed by atoms with van der Waals surface area (Å²) in [5.74, 6) is -0.0676. The minimum absolute atomic E-state index is 0.0177. The molecule has 0 aliphatic carbocycles. The van der Waals surface area contributed by atoms with Crippen LogP contribution in [0.4, 0.5) is 0 Å². The van der Waals surface area contributed by atoms with Crippen molar-refractivity contribution in [3.63, 3.8) is 0 Å². The van der Waals surface area contributed by atoms with E-state index < -0.39 is 0 Å². The Labute approximate surface area is 153 Å². The first kappa shape index (κ1) is 16.5. The van der Waals surface area contributed by atoms with Crippen LogP contribution in [0.2, 0.25) is 0 Å². The summed E-state index contributed by atoms with van der Waals surface area (Å²) in [4.78, 5) is 12.2. The van der Waals surface area contributed by atoms with Gasteiger partial charge in [0.1, 0.15) is 11.9 Å². The molecule has 2 heterocycles. The third-order valence-corrected chi connectivity index (χ3v) is 4.65. The van der Waals surface area contributed by atoms with E-state index in [1.165, 1.54) is 5.56 Å². The Morgan fingerprint density at radius 2 is 1.81 bits per heavy atom. The Morgan fingerprint density at radius 1 is 1.08 bits per heavy atom. The van der Waals surface area contributed by atoms with Crippen molar-refractivity contribution in [1.29, 1.82) is 0 Å². The van der Waals surface area contributed by atoms with E-state index in [1.807, 2.05) is 47.1 Å². The molecule has 4 rings (SSSR count). The van der Waals surface area contributed by atoms with Crippen molar-refractivity contribution in [3.8, 4) is 11.3 Å². The summed E-state index contributed by atoms with van der Waals surface area (Å²) in [5, 5.41) is 11.2. The van der Waals surface area contributed by atoms with Crippen LogP contribution in [0.1, 0.15) is 28.6 Å². The van der Waals surface area contributed by atoms with Gasteiger partial charge in [-0.15, -0.1) is 0 Å². The number of aromatic nitrogens is 2. The lowest BCUT2D eigenvalue weighted by molar-refractivity contribution is 0.0900. The number of hydrogen-bond acceptors (Lipinski definition) is 3. The van der Waals surface area contributed by atoms with E-state index in [1.54, 1.807) is 0 Å². The Bertz CT molecular complexity index is 874. The molecule has 0 radical (unpaired) electrons. The van der Waals surface area contributed by atoms with E-state index in [-0.39, 0.29) is 12.1 Å². The third-order valence-electron chi connectivity index (χ3n) is 4.65. The van der Waals surface area contributed by atoms with Crippen molar-refractivity contribution in [3.05, 3.63) is 78.0 Å². The van der Waals surface area contributed by atoms with Gasteiger partial charge in [-0.3, -0.25) is 10.1 Å². The highest BCUT2D eigenvalue weighted by Gasteiger charge is 2.26. The molecule has 1 unspecified atom stereocenters. The lowest BCUT2D eigenvalue weighted by Gasteiger charge is -2.25. The molecule has 5 nitrogen and oxygen atoms in total. The van der Waals surface area contributed by atoms with Gasteiger partial charge in [-0.1, -0.05) is 60.7 Å². The van der Waals surface area contributed by atoms with Crippen molar-refractivity contribution in [2.75, 3.05) is 13.1 Å². The van der Waals surface area contributed by atoms with Crippen LogP contribution in [0.5, 0.6) is 0 Å². The summed E-state index contributed by atoms with van der Waals surface area (Å²) >= 11 is 0. The second-order valence-electron chi connectivity index (χ2n) is 6.49. The van der Waals surface area contributed by atoms with Crippen LogP contribution >= 0.6 is 0 Å². The summed E-state index contributed by atoms with van der Waals surface area (Å²) in [5.41, 5.74) is 3.80. The zero-order chi connectivity index (χ0) is 17.8. The van der Waals surface area contributed by atoms with Crippen molar-refractivity contribution in [2.45, 2.75) is 19.0 Å². The molecule has 1 atom stereocenters. The number of aryl methyl sites for hydroxylation is 1. The largest absolute Gasteiger partial charge is 0.347 e. The minimum Gasteiger partial charge on any atom is -0.347 e. The van der Waals surface area contributed by atoms with Gasteiger partial charge in [0.15, 0.2) is 0 Å². The van der Waals surface area contributed by atoms with Crippen LogP contribution < -0.4 is 10.6 Å². The topological polar surface area (TPSA) is 59.0 Å². The molecule has 1 amide bonds. The van der Waals surface area contributed by atoms with Crippen LogP contribution in [0.15, 0.2) is 66.7 Å². The molecule has 2 aromatic carbocycles. The Balaban J connectivity index is 1.43. The molecule has 132 valence electrons. The molecule has 3 aromatic rings. The van der Waals surface area contributed by atoms with E-state index in [0.717, 1.165) is 30.6 Å². The average Bonchev–Trinajstić information content (AvgIpc) is 3.15. The molecular formula is C21H22N4O. The monoisotopic (exact) mass is 346 g/mol. The molecule has 2 N–H and O–H groups in total. The molecule has 26 heavy (non-hydrogen) atoms. The molecule has 1 aromatic heterocycles. The van der Waals surface area contributed by atoms with Crippen LogP contribution in [0.3, 0.4) is 0 Å². The molecular weight excluding hydrogens is 324 g/mol. The van der Waals surface area contributed by atoms with E-state index >= 15 is 0 Å². The average molecular weight is 346 g/mol. The maximum absolute atomic E-state index is 12.2. The van der Waals surface area contributed by atoms with E-state index in [0.29, 0.717) is 12.2 Å². The number of hydrogen-bond donors (Lipinski definition) is 2. The van der Waals surface area contributed by atoms with Crippen LogP contribution in [0, 0.1) is 0 Å². The number of fused-ring (bicyclic) bond motifs is 1. The predicted molar refractivity (Wildman–Crippen MR) is 102 cm³/mol. The zero-order valence-corrected chi connectivity index (χ0v) is 14.6. The Kier molecular flexibility index (Phi) is 4.80. The molecule has 0 bridgehead atoms. The van der Waals surface area contributed by atoms with Gasteiger partial charge >= 0.3 is 0 Å². The van der Waals surface area contributed by atoms with Crippen molar-refractivity contribution in [2.24, 2.45) is 0 Å². The normalized spacial score (nSPS) is 16.2. The zero-order valence-electron chi connectivity index (χ0n) is 14.6. The first-order valence-electron chi connectivity index (χ1n) is 9.02. The second-order valence-corrected chi connectivity index (χ2v) is 6.49. The lowest BCUT2D eigenvalue weighted by Crippen LogP contribution is -2.45. The molecule has 1 aliphatic heterocycles. The van der Waals surface area contributed by atoms with Gasteiger partial charge in [-0.2, -0.15) is 5.10 Å². The van der Waals surface area contributed by atoms with E-state index in [9.17, 15) is 4.79 Å². The van der Waals surface area contributed by atoms with Gasteiger partial charge < -0.3 is 5.32 Å². The van der Waals surface area contributed by atoms with Crippen molar-refractivity contribution < 1.29 is 4.79 Å². The number of nitrogens with one attached hydrogen (secondary N) is 2. The summed E-state index contributed by atoms with van der Waals surface area (Å²) in [7, 11) is 0. The van der Waals surface area contributed by atoms with Crippen LogP contribution in [-0.2, 0) is 6.42 Å². The maximum Gasteiger partial charge on any atom is 0.269 e.